The van der Waals surface area contributed by atoms with Crippen LogP contribution in [0.25, 0.3) is 0 Å². The van der Waals surface area contributed by atoms with Crippen LogP contribution >= 0.6 is 0 Å². The molecule has 194 valence electrons. The molecule has 3 rings (SSSR count). The van der Waals surface area contributed by atoms with Crippen LogP contribution in [0.1, 0.15) is 125 Å². The van der Waals surface area contributed by atoms with Crippen molar-refractivity contribution in [2.45, 2.75) is 129 Å². The normalized spacial score (nSPS) is 18.2. The van der Waals surface area contributed by atoms with E-state index >= 15 is 0 Å². The van der Waals surface area contributed by atoms with E-state index in [0.29, 0.717) is 0 Å². The van der Waals surface area contributed by atoms with Crippen molar-refractivity contribution in [2.75, 3.05) is 0 Å². The molecule has 0 aromatic heterocycles. The van der Waals surface area contributed by atoms with Crippen LogP contribution in [0.3, 0.4) is 0 Å². The predicted octanol–water partition coefficient (Wildman–Crippen LogP) is 8.45. The van der Waals surface area contributed by atoms with Gasteiger partial charge in [-0.2, -0.15) is 0 Å². The van der Waals surface area contributed by atoms with E-state index in [0.717, 1.165) is 24.0 Å². The summed E-state index contributed by atoms with van der Waals surface area (Å²) < 4.78 is 27.3. The Labute approximate surface area is 215 Å². The zero-order valence-corrected chi connectivity index (χ0v) is 24.4. The molecule has 0 unspecified atom stereocenters. The summed E-state index contributed by atoms with van der Waals surface area (Å²) in [6.45, 7) is 17.6. The molecule has 1 heterocycles. The first-order valence-electron chi connectivity index (χ1n) is 13.6. The number of fused-ring (bicyclic) bond motifs is 4. The van der Waals surface area contributed by atoms with E-state index in [1.807, 2.05) is 0 Å². The molecule has 35 heavy (non-hydrogen) atoms. The monoisotopic (exact) mass is 496 g/mol. The molecule has 0 spiro atoms. The Hall–Kier alpha value is -1.61. The Balaban J connectivity index is 2.10. The second-order valence-corrected chi connectivity index (χ2v) is 15.1. The van der Waals surface area contributed by atoms with Gasteiger partial charge in [-0.3, -0.25) is 0 Å². The van der Waals surface area contributed by atoms with Crippen molar-refractivity contribution in [3.8, 4) is 0 Å². The van der Waals surface area contributed by atoms with Crippen molar-refractivity contribution >= 4 is 9.84 Å². The van der Waals surface area contributed by atoms with Crippen molar-refractivity contribution in [1.29, 1.82) is 0 Å². The van der Waals surface area contributed by atoms with Gasteiger partial charge in [-0.1, -0.05) is 91.5 Å². The molecule has 0 atom stereocenters. The molecule has 1 aliphatic rings. The zero-order valence-electron chi connectivity index (χ0n) is 23.6. The van der Waals surface area contributed by atoms with Crippen molar-refractivity contribution in [3.63, 3.8) is 0 Å². The first-order valence-corrected chi connectivity index (χ1v) is 15.5. The molecule has 0 amide bonds. The highest BCUT2D eigenvalue weighted by atomic mass is 32.2. The van der Waals surface area contributed by atoms with Gasteiger partial charge in [0.2, 0.25) is 0 Å². The maximum Gasteiger partial charge on any atom is 0.158 e. The summed E-state index contributed by atoms with van der Waals surface area (Å²) in [4.78, 5) is 0. The molecule has 0 N–H and O–H groups in total. The zero-order chi connectivity index (χ0) is 26.0. The van der Waals surface area contributed by atoms with E-state index in [1.54, 1.807) is 0 Å². The molecule has 1 aliphatic heterocycles. The Morgan fingerprint density at radius 1 is 0.543 bits per heavy atom. The van der Waals surface area contributed by atoms with E-state index < -0.39 is 9.84 Å². The lowest BCUT2D eigenvalue weighted by molar-refractivity contribution is 0.580. The van der Waals surface area contributed by atoms with Crippen LogP contribution in [0.15, 0.2) is 24.3 Å². The van der Waals surface area contributed by atoms with Crippen LogP contribution in [-0.2, 0) is 45.0 Å². The summed E-state index contributed by atoms with van der Waals surface area (Å²) in [5, 5.41) is 0. The van der Waals surface area contributed by atoms with Gasteiger partial charge in [0.25, 0.3) is 0 Å². The first kappa shape index (κ1) is 28.0. The Bertz CT molecular complexity index is 1060. The molecule has 0 saturated carbocycles. The minimum atomic E-state index is -3.32. The maximum absolute atomic E-state index is 13.7. The third-order valence-corrected chi connectivity index (χ3v) is 9.37. The highest BCUT2D eigenvalue weighted by Crippen LogP contribution is 2.32. The molecule has 0 radical (unpaired) electrons. The summed E-state index contributed by atoms with van der Waals surface area (Å²) >= 11 is 0. The average Bonchev–Trinajstić information content (AvgIpc) is 2.72. The van der Waals surface area contributed by atoms with Gasteiger partial charge in [0.15, 0.2) is 9.84 Å². The molecule has 2 aromatic rings. The van der Waals surface area contributed by atoms with Crippen molar-refractivity contribution in [3.05, 3.63) is 68.8 Å². The summed E-state index contributed by atoms with van der Waals surface area (Å²) in [5.74, 6) is 0.231. The molecule has 0 aliphatic carbocycles. The van der Waals surface area contributed by atoms with Gasteiger partial charge in [-0.25, -0.2) is 8.42 Å². The third kappa shape index (κ3) is 7.44. The summed E-state index contributed by atoms with van der Waals surface area (Å²) in [5.41, 5.74) is 9.46. The van der Waals surface area contributed by atoms with E-state index in [4.69, 9.17) is 0 Å². The molecule has 0 fully saturated rings. The fourth-order valence-corrected chi connectivity index (χ4v) is 6.88. The van der Waals surface area contributed by atoms with E-state index in [9.17, 15) is 8.42 Å². The number of sulfone groups is 1. The smallest absolute Gasteiger partial charge is 0.158 e. The number of hydrogen-bond acceptors (Lipinski definition) is 2. The lowest BCUT2D eigenvalue weighted by Gasteiger charge is -2.24. The van der Waals surface area contributed by atoms with Gasteiger partial charge >= 0.3 is 0 Å². The maximum atomic E-state index is 13.7. The topological polar surface area (TPSA) is 34.1 Å². The standard InChI is InChI=1S/C32H48O2S/c1-23-25-15-13-11-9-10-12-14-16-26-18-30(32(6,7)8)20-28(24(26)2)22-35(33,34)21-27(23)19-29(17-25)31(3,4)5/h17-20H,9-16,21-22H2,1-8H3. The first-order chi connectivity index (χ1) is 16.2. The number of hydrogen-bond donors (Lipinski definition) is 0. The second kappa shape index (κ2) is 10.8. The van der Waals surface area contributed by atoms with Crippen molar-refractivity contribution in [2.24, 2.45) is 0 Å². The van der Waals surface area contributed by atoms with Gasteiger partial charge < -0.3 is 0 Å². The van der Waals surface area contributed by atoms with Gasteiger partial charge in [0.05, 0.1) is 11.5 Å². The van der Waals surface area contributed by atoms with Crippen LogP contribution in [0, 0.1) is 13.8 Å². The molecule has 0 saturated heterocycles. The van der Waals surface area contributed by atoms with Gasteiger partial charge in [-0.15, -0.1) is 0 Å². The average molecular weight is 497 g/mol. The Morgan fingerprint density at radius 3 is 1.20 bits per heavy atom. The molecular weight excluding hydrogens is 448 g/mol. The fraction of sp³-hybridized carbons (Fsp3) is 0.625. The summed E-state index contributed by atoms with van der Waals surface area (Å²) in [6, 6.07) is 8.99. The second-order valence-electron chi connectivity index (χ2n) is 13.0. The highest BCUT2D eigenvalue weighted by molar-refractivity contribution is 7.89. The van der Waals surface area contributed by atoms with Gasteiger partial charge in [0.1, 0.15) is 0 Å². The van der Waals surface area contributed by atoms with E-state index in [2.05, 4.69) is 79.7 Å². The third-order valence-electron chi connectivity index (χ3n) is 7.87. The number of benzene rings is 2. The lowest BCUT2D eigenvalue weighted by Crippen LogP contribution is -2.17. The van der Waals surface area contributed by atoms with Crippen molar-refractivity contribution in [1.82, 2.24) is 0 Å². The van der Waals surface area contributed by atoms with Crippen LogP contribution in [0.2, 0.25) is 0 Å². The van der Waals surface area contributed by atoms with Crippen LogP contribution in [-0.4, -0.2) is 8.42 Å². The minimum Gasteiger partial charge on any atom is -0.228 e. The highest BCUT2D eigenvalue weighted by Gasteiger charge is 2.24. The minimum absolute atomic E-state index is 0.00770. The molecular formula is C32H48O2S. The fourth-order valence-electron chi connectivity index (χ4n) is 5.23. The van der Waals surface area contributed by atoms with Crippen molar-refractivity contribution < 1.29 is 8.42 Å². The molecule has 2 nitrogen and oxygen atoms in total. The van der Waals surface area contributed by atoms with Gasteiger partial charge in [0, 0.05) is 0 Å². The Kier molecular flexibility index (Phi) is 8.62. The summed E-state index contributed by atoms with van der Waals surface area (Å²) in [7, 11) is -3.32. The summed E-state index contributed by atoms with van der Waals surface area (Å²) in [6.07, 6.45) is 9.49. The lowest BCUT2D eigenvalue weighted by atomic mass is 9.83. The SMILES string of the molecule is Cc1c2cc(C(C)(C)C)cc1CS(=O)(=O)Cc1cc(C(C)(C)C)cc(c1C)CCCCCCCC2. The number of aryl methyl sites for hydroxylation is 2. The number of rotatable bonds is 0. The molecule has 2 aromatic carbocycles. The largest absolute Gasteiger partial charge is 0.228 e. The van der Waals surface area contributed by atoms with Crippen LogP contribution in [0.4, 0.5) is 0 Å². The Morgan fingerprint density at radius 2 is 0.857 bits per heavy atom. The molecule has 4 bridgehead atoms. The van der Waals surface area contributed by atoms with E-state index in [-0.39, 0.29) is 22.3 Å². The predicted molar refractivity (Wildman–Crippen MR) is 151 cm³/mol. The van der Waals surface area contributed by atoms with Gasteiger partial charge in [-0.05, 0) is 94.9 Å². The molecule has 3 heteroatoms. The van der Waals surface area contributed by atoms with Crippen LogP contribution < -0.4 is 0 Å². The van der Waals surface area contributed by atoms with E-state index in [1.165, 1.54) is 71.9 Å². The van der Waals surface area contributed by atoms with Crippen LogP contribution in [0.5, 0.6) is 0 Å². The quantitative estimate of drug-likeness (QED) is 0.366.